The van der Waals surface area contributed by atoms with Crippen molar-refractivity contribution >= 4 is 11.6 Å². The Hall–Kier alpha value is -0.700. The van der Waals surface area contributed by atoms with Gasteiger partial charge in [0.15, 0.2) is 0 Å². The number of hydrogen-bond acceptors (Lipinski definition) is 3. The topological polar surface area (TPSA) is 43.4 Å². The molecule has 0 spiro atoms. The standard InChI is InChI=1S/C12H22O3/c1-6-9(10(13)7-8-15-5)11(14)12(2,3)4/h9H,6-8H2,1-5H3. The number of hydrogen-bond donors (Lipinski definition) is 0. The van der Waals surface area contributed by atoms with Crippen molar-refractivity contribution in [3.8, 4) is 0 Å². The lowest BCUT2D eigenvalue weighted by molar-refractivity contribution is -0.138. The van der Waals surface area contributed by atoms with E-state index in [1.165, 1.54) is 0 Å². The average molecular weight is 214 g/mol. The van der Waals surface area contributed by atoms with Crippen molar-refractivity contribution in [1.82, 2.24) is 0 Å². The molecule has 88 valence electrons. The van der Waals surface area contributed by atoms with Crippen LogP contribution in [0.4, 0.5) is 0 Å². The van der Waals surface area contributed by atoms with Gasteiger partial charge in [-0.1, -0.05) is 27.7 Å². The first-order chi connectivity index (χ1) is 6.84. The minimum absolute atomic E-state index is 0.000671. The number of carbonyl (C=O) groups excluding carboxylic acids is 2. The first kappa shape index (κ1) is 14.3. The number of ether oxygens (including phenoxy) is 1. The molecule has 15 heavy (non-hydrogen) atoms. The molecule has 0 aromatic carbocycles. The molecule has 0 aromatic rings. The zero-order chi connectivity index (χ0) is 12.1. The summed E-state index contributed by atoms with van der Waals surface area (Å²) in [5.74, 6) is -0.425. The molecule has 0 fully saturated rings. The summed E-state index contributed by atoms with van der Waals surface area (Å²) in [5, 5.41) is 0. The maximum absolute atomic E-state index is 11.9. The summed E-state index contributed by atoms with van der Waals surface area (Å²) in [6, 6.07) is 0. The van der Waals surface area contributed by atoms with Crippen LogP contribution < -0.4 is 0 Å². The molecular weight excluding hydrogens is 192 g/mol. The quantitative estimate of drug-likeness (QED) is 0.637. The second-order valence-corrected chi connectivity index (χ2v) is 4.78. The lowest BCUT2D eigenvalue weighted by atomic mass is 9.79. The van der Waals surface area contributed by atoms with Gasteiger partial charge in [0.1, 0.15) is 11.6 Å². The van der Waals surface area contributed by atoms with E-state index in [-0.39, 0.29) is 11.6 Å². The molecule has 0 aliphatic heterocycles. The smallest absolute Gasteiger partial charge is 0.148 e. The number of carbonyl (C=O) groups is 2. The van der Waals surface area contributed by atoms with Gasteiger partial charge < -0.3 is 4.74 Å². The van der Waals surface area contributed by atoms with E-state index >= 15 is 0 Å². The van der Waals surface area contributed by atoms with E-state index in [4.69, 9.17) is 4.74 Å². The normalized spacial score (nSPS) is 13.7. The number of rotatable bonds is 6. The van der Waals surface area contributed by atoms with Crippen LogP contribution in [0.25, 0.3) is 0 Å². The molecule has 0 amide bonds. The molecule has 0 saturated heterocycles. The van der Waals surface area contributed by atoms with E-state index in [1.807, 2.05) is 27.7 Å². The highest BCUT2D eigenvalue weighted by Gasteiger charge is 2.32. The fraction of sp³-hybridized carbons (Fsp3) is 0.833. The molecule has 0 aromatic heterocycles. The lowest BCUT2D eigenvalue weighted by Gasteiger charge is -2.22. The number of ketones is 2. The third kappa shape index (κ3) is 4.56. The van der Waals surface area contributed by atoms with Gasteiger partial charge >= 0.3 is 0 Å². The Morgan fingerprint density at radius 1 is 1.27 bits per heavy atom. The van der Waals surface area contributed by atoms with Crippen LogP contribution in [0.3, 0.4) is 0 Å². The van der Waals surface area contributed by atoms with E-state index in [0.717, 1.165) is 0 Å². The molecule has 0 rings (SSSR count). The van der Waals surface area contributed by atoms with Gasteiger partial charge in [0, 0.05) is 18.9 Å². The van der Waals surface area contributed by atoms with Gasteiger partial charge in [0.25, 0.3) is 0 Å². The summed E-state index contributed by atoms with van der Waals surface area (Å²) in [6.45, 7) is 7.82. The summed E-state index contributed by atoms with van der Waals surface area (Å²) in [7, 11) is 1.56. The molecule has 3 nitrogen and oxygen atoms in total. The minimum atomic E-state index is -0.458. The fourth-order valence-corrected chi connectivity index (χ4v) is 1.46. The van der Waals surface area contributed by atoms with Crippen LogP contribution in [0.5, 0.6) is 0 Å². The van der Waals surface area contributed by atoms with Crippen molar-refractivity contribution < 1.29 is 14.3 Å². The largest absolute Gasteiger partial charge is 0.384 e. The lowest BCUT2D eigenvalue weighted by Crippen LogP contribution is -2.33. The highest BCUT2D eigenvalue weighted by atomic mass is 16.5. The minimum Gasteiger partial charge on any atom is -0.384 e. The number of Topliss-reactive ketones (excluding diaryl/α,β-unsaturated/α-hetero) is 2. The summed E-state index contributed by atoms with van der Waals surface area (Å²) in [4.78, 5) is 23.7. The highest BCUT2D eigenvalue weighted by molar-refractivity contribution is 6.04. The predicted molar refractivity (Wildman–Crippen MR) is 59.7 cm³/mol. The summed E-state index contributed by atoms with van der Waals surface area (Å²) in [5.41, 5.74) is -0.441. The van der Waals surface area contributed by atoms with Gasteiger partial charge in [-0.2, -0.15) is 0 Å². The van der Waals surface area contributed by atoms with Crippen LogP contribution in [-0.2, 0) is 14.3 Å². The van der Waals surface area contributed by atoms with Gasteiger partial charge in [0.05, 0.1) is 12.5 Å². The zero-order valence-electron chi connectivity index (χ0n) is 10.4. The molecule has 0 N–H and O–H groups in total. The van der Waals surface area contributed by atoms with Gasteiger partial charge in [-0.15, -0.1) is 0 Å². The van der Waals surface area contributed by atoms with Crippen molar-refractivity contribution in [2.75, 3.05) is 13.7 Å². The molecule has 0 saturated carbocycles. The van der Waals surface area contributed by atoms with Crippen molar-refractivity contribution in [2.45, 2.75) is 40.5 Å². The molecule has 3 heteroatoms. The molecule has 0 bridgehead atoms. The van der Waals surface area contributed by atoms with Gasteiger partial charge in [0.2, 0.25) is 0 Å². The Morgan fingerprint density at radius 3 is 2.13 bits per heavy atom. The third-order valence-electron chi connectivity index (χ3n) is 2.41. The van der Waals surface area contributed by atoms with Gasteiger partial charge in [-0.25, -0.2) is 0 Å². The Morgan fingerprint density at radius 2 is 1.80 bits per heavy atom. The average Bonchev–Trinajstić information content (AvgIpc) is 2.14. The maximum atomic E-state index is 11.9. The van der Waals surface area contributed by atoms with E-state index in [0.29, 0.717) is 19.4 Å². The second kappa shape index (κ2) is 6.01. The first-order valence-electron chi connectivity index (χ1n) is 5.40. The van der Waals surface area contributed by atoms with E-state index in [1.54, 1.807) is 7.11 Å². The molecule has 0 aliphatic rings. The molecule has 1 unspecified atom stereocenters. The molecule has 0 heterocycles. The molecule has 0 radical (unpaired) electrons. The van der Waals surface area contributed by atoms with Crippen molar-refractivity contribution in [2.24, 2.45) is 11.3 Å². The predicted octanol–water partition coefficient (Wildman–Crippen LogP) is 2.23. The summed E-state index contributed by atoms with van der Waals surface area (Å²) < 4.78 is 4.84. The van der Waals surface area contributed by atoms with Crippen molar-refractivity contribution in [1.29, 1.82) is 0 Å². The highest BCUT2D eigenvalue weighted by Crippen LogP contribution is 2.23. The van der Waals surface area contributed by atoms with Crippen molar-refractivity contribution in [3.05, 3.63) is 0 Å². The Labute approximate surface area is 92.2 Å². The monoisotopic (exact) mass is 214 g/mol. The Balaban J connectivity index is 4.49. The van der Waals surface area contributed by atoms with E-state index in [9.17, 15) is 9.59 Å². The SMILES string of the molecule is CCC(C(=O)CCOC)C(=O)C(C)(C)C. The first-order valence-corrected chi connectivity index (χ1v) is 5.40. The zero-order valence-corrected chi connectivity index (χ0v) is 10.4. The van der Waals surface area contributed by atoms with E-state index in [2.05, 4.69) is 0 Å². The van der Waals surface area contributed by atoms with Crippen LogP contribution in [0.1, 0.15) is 40.5 Å². The summed E-state index contributed by atoms with van der Waals surface area (Å²) >= 11 is 0. The number of methoxy groups -OCH3 is 1. The van der Waals surface area contributed by atoms with Gasteiger partial charge in [-0.05, 0) is 6.42 Å². The fourth-order valence-electron chi connectivity index (χ4n) is 1.46. The molecular formula is C12H22O3. The summed E-state index contributed by atoms with van der Waals surface area (Å²) in [6.07, 6.45) is 0.912. The van der Waals surface area contributed by atoms with Crippen molar-refractivity contribution in [3.63, 3.8) is 0 Å². The van der Waals surface area contributed by atoms with Crippen LogP contribution >= 0.6 is 0 Å². The molecule has 1 atom stereocenters. The Kier molecular flexibility index (Phi) is 5.73. The van der Waals surface area contributed by atoms with Crippen LogP contribution in [0, 0.1) is 11.3 Å². The third-order valence-corrected chi connectivity index (χ3v) is 2.41. The molecule has 0 aliphatic carbocycles. The Bertz CT molecular complexity index is 226. The van der Waals surface area contributed by atoms with Crippen LogP contribution in [0.2, 0.25) is 0 Å². The van der Waals surface area contributed by atoms with Crippen LogP contribution in [-0.4, -0.2) is 25.3 Å². The van der Waals surface area contributed by atoms with E-state index < -0.39 is 11.3 Å². The van der Waals surface area contributed by atoms with Crippen LogP contribution in [0.15, 0.2) is 0 Å². The second-order valence-electron chi connectivity index (χ2n) is 4.78. The van der Waals surface area contributed by atoms with Gasteiger partial charge in [-0.3, -0.25) is 9.59 Å². The maximum Gasteiger partial charge on any atom is 0.148 e.